The van der Waals surface area contributed by atoms with Gasteiger partial charge in [0.1, 0.15) is 12.4 Å². The fourth-order valence-electron chi connectivity index (χ4n) is 2.49. The third-order valence-electron chi connectivity index (χ3n) is 3.74. The van der Waals surface area contributed by atoms with E-state index in [1.807, 2.05) is 6.92 Å². The number of aryl methyl sites for hydroxylation is 1. The van der Waals surface area contributed by atoms with Crippen molar-refractivity contribution in [3.63, 3.8) is 0 Å². The molecule has 0 amide bonds. The van der Waals surface area contributed by atoms with Gasteiger partial charge in [-0.15, -0.1) is 0 Å². The number of aliphatic hydroxyl groups is 1. The van der Waals surface area contributed by atoms with Crippen LogP contribution >= 0.6 is 0 Å². The van der Waals surface area contributed by atoms with Gasteiger partial charge in [0.2, 0.25) is 0 Å². The summed E-state index contributed by atoms with van der Waals surface area (Å²) in [5.74, 6) is 1.21. The number of hydrogen-bond acceptors (Lipinski definition) is 3. The van der Waals surface area contributed by atoms with Gasteiger partial charge in [-0.05, 0) is 37.5 Å². The Balaban J connectivity index is 1.81. The van der Waals surface area contributed by atoms with Gasteiger partial charge in [-0.3, -0.25) is 0 Å². The quantitative estimate of drug-likeness (QED) is 0.783. The third kappa shape index (κ3) is 1.03. The first kappa shape index (κ1) is 8.41. The molecule has 1 heterocycles. The minimum Gasteiger partial charge on any atom is -0.385 e. The molecule has 2 aliphatic carbocycles. The summed E-state index contributed by atoms with van der Waals surface area (Å²) in [6.45, 7) is 2.80. The number of hydrogen-bond donors (Lipinski definition) is 1. The molecular formula is C10H15N3O. The first-order valence-electron chi connectivity index (χ1n) is 5.32. The molecule has 4 nitrogen and oxygen atoms in total. The van der Waals surface area contributed by atoms with Crippen LogP contribution in [-0.2, 0) is 6.54 Å². The Morgan fingerprint density at radius 2 is 2.50 bits per heavy atom. The van der Waals surface area contributed by atoms with E-state index in [9.17, 15) is 5.11 Å². The zero-order chi connectivity index (χ0) is 9.76. The van der Waals surface area contributed by atoms with E-state index in [2.05, 4.69) is 10.1 Å². The molecule has 3 rings (SSSR count). The number of aromatic nitrogens is 3. The second kappa shape index (κ2) is 2.57. The Bertz CT molecular complexity index is 356. The van der Waals surface area contributed by atoms with E-state index in [0.717, 1.165) is 12.4 Å². The highest BCUT2D eigenvalue weighted by Crippen LogP contribution is 2.73. The lowest BCUT2D eigenvalue weighted by Crippen LogP contribution is -2.11. The van der Waals surface area contributed by atoms with Gasteiger partial charge in [0.15, 0.2) is 5.82 Å². The monoisotopic (exact) mass is 193 g/mol. The molecule has 2 fully saturated rings. The topological polar surface area (TPSA) is 50.9 Å². The van der Waals surface area contributed by atoms with Gasteiger partial charge >= 0.3 is 0 Å². The van der Waals surface area contributed by atoms with Crippen LogP contribution in [0.25, 0.3) is 0 Å². The van der Waals surface area contributed by atoms with E-state index < -0.39 is 0 Å². The molecule has 2 atom stereocenters. The molecule has 1 aromatic rings. The maximum Gasteiger partial charge on any atom is 0.156 e. The molecule has 76 valence electrons. The van der Waals surface area contributed by atoms with Gasteiger partial charge in [-0.2, -0.15) is 5.10 Å². The first-order valence-corrected chi connectivity index (χ1v) is 5.32. The molecule has 2 saturated carbocycles. The lowest BCUT2D eigenvalue weighted by molar-refractivity contribution is 0.130. The summed E-state index contributed by atoms with van der Waals surface area (Å²) in [6.07, 6.45) is 4.93. The van der Waals surface area contributed by atoms with Crippen molar-refractivity contribution < 1.29 is 5.11 Å². The van der Waals surface area contributed by atoms with Crippen molar-refractivity contribution in [2.24, 2.45) is 11.3 Å². The molecule has 14 heavy (non-hydrogen) atoms. The maximum absolute atomic E-state index is 10.1. The van der Waals surface area contributed by atoms with E-state index >= 15 is 0 Å². The summed E-state index contributed by atoms with van der Waals surface area (Å²) in [6, 6.07) is 0. The highest BCUT2D eigenvalue weighted by molar-refractivity contribution is 5.17. The summed E-state index contributed by atoms with van der Waals surface area (Å²) in [5, 5.41) is 14.2. The Labute approximate surface area is 83.0 Å². The van der Waals surface area contributed by atoms with Gasteiger partial charge < -0.3 is 5.11 Å². The molecule has 0 aromatic carbocycles. The molecule has 1 aromatic heterocycles. The average Bonchev–Trinajstić information content (AvgIpc) is 3.08. The fourth-order valence-corrected chi connectivity index (χ4v) is 2.49. The predicted molar refractivity (Wildman–Crippen MR) is 50.4 cm³/mol. The predicted octanol–water partition coefficient (Wildman–Crippen LogP) is 1.13. The zero-order valence-corrected chi connectivity index (χ0v) is 8.35. The Kier molecular flexibility index (Phi) is 1.54. The molecule has 1 N–H and O–H groups in total. The van der Waals surface area contributed by atoms with Crippen molar-refractivity contribution in [2.75, 3.05) is 0 Å². The van der Waals surface area contributed by atoms with Gasteiger partial charge in [0.05, 0.1) is 0 Å². The summed E-state index contributed by atoms with van der Waals surface area (Å²) < 4.78 is 1.79. The molecule has 1 spiro atoms. The van der Waals surface area contributed by atoms with Crippen LogP contribution < -0.4 is 0 Å². The Hall–Kier alpha value is -0.900. The van der Waals surface area contributed by atoms with Crippen LogP contribution in [0.5, 0.6) is 0 Å². The van der Waals surface area contributed by atoms with Crippen molar-refractivity contribution in [3.05, 3.63) is 12.2 Å². The van der Waals surface area contributed by atoms with Crippen LogP contribution in [0.1, 0.15) is 38.1 Å². The molecule has 2 unspecified atom stereocenters. The van der Waals surface area contributed by atoms with Crippen LogP contribution in [0, 0.1) is 11.3 Å². The molecule has 0 bridgehead atoms. The average molecular weight is 193 g/mol. The van der Waals surface area contributed by atoms with Crippen LogP contribution in [0.4, 0.5) is 0 Å². The molecular weight excluding hydrogens is 178 g/mol. The van der Waals surface area contributed by atoms with E-state index in [1.54, 1.807) is 4.68 Å². The lowest BCUT2D eigenvalue weighted by atomic mass is 10.1. The summed E-state index contributed by atoms with van der Waals surface area (Å²) >= 11 is 0. The lowest BCUT2D eigenvalue weighted by Gasteiger charge is -2.09. The fraction of sp³-hybridized carbons (Fsp3) is 0.800. The number of aliphatic hydroxyl groups excluding tert-OH is 1. The van der Waals surface area contributed by atoms with Crippen molar-refractivity contribution in [2.45, 2.75) is 38.8 Å². The minimum atomic E-state index is -0.389. The van der Waals surface area contributed by atoms with Gasteiger partial charge in [-0.1, -0.05) is 0 Å². The van der Waals surface area contributed by atoms with Gasteiger partial charge in [0.25, 0.3) is 0 Å². The first-order chi connectivity index (χ1) is 6.77. The summed E-state index contributed by atoms with van der Waals surface area (Å²) in [5.41, 5.74) is 0.518. The van der Waals surface area contributed by atoms with Gasteiger partial charge in [0, 0.05) is 6.54 Å². The second-order valence-corrected chi connectivity index (χ2v) is 4.55. The molecule has 4 heteroatoms. The van der Waals surface area contributed by atoms with E-state index in [0.29, 0.717) is 11.3 Å². The number of nitrogens with zero attached hydrogens (tertiary/aromatic N) is 3. The van der Waals surface area contributed by atoms with Crippen molar-refractivity contribution in [3.8, 4) is 0 Å². The van der Waals surface area contributed by atoms with Crippen LogP contribution in [0.15, 0.2) is 6.33 Å². The largest absolute Gasteiger partial charge is 0.385 e. The Morgan fingerprint density at radius 3 is 3.07 bits per heavy atom. The smallest absolute Gasteiger partial charge is 0.156 e. The summed E-state index contributed by atoms with van der Waals surface area (Å²) in [7, 11) is 0. The highest BCUT2D eigenvalue weighted by Gasteiger charge is 2.65. The van der Waals surface area contributed by atoms with E-state index in [-0.39, 0.29) is 6.10 Å². The van der Waals surface area contributed by atoms with Crippen molar-refractivity contribution in [1.29, 1.82) is 0 Å². The standard InChI is InChI=1S/C10H15N3O/c1-2-13-9(11-6-12-13)8(14)7-5-10(7)3-4-10/h6-8,14H,2-5H2,1H3. The molecule has 0 saturated heterocycles. The highest BCUT2D eigenvalue weighted by atomic mass is 16.3. The van der Waals surface area contributed by atoms with E-state index in [4.69, 9.17) is 0 Å². The molecule has 0 aliphatic heterocycles. The number of rotatable bonds is 3. The third-order valence-corrected chi connectivity index (χ3v) is 3.74. The normalized spacial score (nSPS) is 29.1. The van der Waals surface area contributed by atoms with Crippen molar-refractivity contribution >= 4 is 0 Å². The van der Waals surface area contributed by atoms with Crippen LogP contribution in [-0.4, -0.2) is 19.9 Å². The van der Waals surface area contributed by atoms with E-state index in [1.165, 1.54) is 25.6 Å². The second-order valence-electron chi connectivity index (χ2n) is 4.55. The SMILES string of the molecule is CCn1ncnc1C(O)C1CC12CC2. The Morgan fingerprint density at radius 1 is 1.71 bits per heavy atom. The molecule has 0 radical (unpaired) electrons. The molecule has 2 aliphatic rings. The van der Waals surface area contributed by atoms with Crippen molar-refractivity contribution in [1.82, 2.24) is 14.8 Å². The van der Waals surface area contributed by atoms with Crippen LogP contribution in [0.2, 0.25) is 0 Å². The van der Waals surface area contributed by atoms with Crippen LogP contribution in [0.3, 0.4) is 0 Å². The summed E-state index contributed by atoms with van der Waals surface area (Å²) in [4.78, 5) is 4.14. The zero-order valence-electron chi connectivity index (χ0n) is 8.35. The minimum absolute atomic E-state index is 0.389. The maximum atomic E-state index is 10.1. The van der Waals surface area contributed by atoms with Gasteiger partial charge in [-0.25, -0.2) is 9.67 Å².